The fourth-order valence-corrected chi connectivity index (χ4v) is 6.26. The van der Waals surface area contributed by atoms with E-state index in [4.69, 9.17) is 5.10 Å². The third-order valence-corrected chi connectivity index (χ3v) is 8.66. The van der Waals surface area contributed by atoms with Crippen LogP contribution in [-0.2, 0) is 17.6 Å². The Labute approximate surface area is 232 Å². The minimum absolute atomic E-state index is 0.000245. The lowest BCUT2D eigenvalue weighted by Gasteiger charge is -2.35. The van der Waals surface area contributed by atoms with Crippen molar-refractivity contribution < 1.29 is 19.1 Å². The fraction of sp³-hybridized carbons (Fsp3) is 0.344. The molecule has 40 heavy (non-hydrogen) atoms. The van der Waals surface area contributed by atoms with Gasteiger partial charge in [0, 0.05) is 42.1 Å². The van der Waals surface area contributed by atoms with Crippen molar-refractivity contribution in [2.75, 3.05) is 24.5 Å². The third-order valence-electron chi connectivity index (χ3n) is 8.66. The second kappa shape index (κ2) is 10.1. The van der Waals surface area contributed by atoms with E-state index in [2.05, 4.69) is 19.1 Å². The summed E-state index contributed by atoms with van der Waals surface area (Å²) in [7, 11) is 0. The lowest BCUT2D eigenvalue weighted by molar-refractivity contribution is -0.140. The normalized spacial score (nSPS) is 18.8. The Kier molecular flexibility index (Phi) is 6.56. The number of carboxylic acid groups (broad SMARTS) is 1. The van der Waals surface area contributed by atoms with Crippen molar-refractivity contribution in [2.24, 2.45) is 5.92 Å². The van der Waals surface area contributed by atoms with E-state index >= 15 is 4.39 Å². The highest BCUT2D eigenvalue weighted by Gasteiger charge is 2.31. The van der Waals surface area contributed by atoms with Crippen LogP contribution in [0.3, 0.4) is 0 Å². The Balaban J connectivity index is 1.34. The van der Waals surface area contributed by atoms with Gasteiger partial charge in [0.1, 0.15) is 5.82 Å². The predicted molar refractivity (Wildman–Crippen MR) is 152 cm³/mol. The number of hydrogen-bond donors (Lipinski definition) is 1. The quantitative estimate of drug-likeness (QED) is 0.352. The van der Waals surface area contributed by atoms with Gasteiger partial charge in [0.2, 0.25) is 0 Å². The molecule has 0 bridgehead atoms. The number of aromatic nitrogens is 2. The topological polar surface area (TPSA) is 78.2 Å². The molecular weight excluding hydrogens is 507 g/mol. The van der Waals surface area contributed by atoms with Gasteiger partial charge in [-0.2, -0.15) is 5.10 Å². The number of aliphatic carboxylic acids is 1. The number of carbonyl (C=O) groups is 2. The van der Waals surface area contributed by atoms with Gasteiger partial charge in [0.15, 0.2) is 0 Å². The van der Waals surface area contributed by atoms with Gasteiger partial charge in [-0.05, 0) is 80.1 Å². The molecule has 6 rings (SSSR count). The van der Waals surface area contributed by atoms with Crippen molar-refractivity contribution in [3.8, 4) is 11.3 Å². The summed E-state index contributed by atoms with van der Waals surface area (Å²) in [5.41, 5.74) is 7.16. The molecule has 7 nitrogen and oxygen atoms in total. The maximum Gasteiger partial charge on any atom is 0.308 e. The van der Waals surface area contributed by atoms with E-state index < -0.39 is 17.7 Å². The Hall–Kier alpha value is -4.20. The molecule has 206 valence electrons. The number of carbonyl (C=O) groups excluding carboxylic acids is 1. The molecule has 2 aromatic heterocycles. The number of anilines is 1. The largest absolute Gasteiger partial charge is 0.481 e. The first-order valence-corrected chi connectivity index (χ1v) is 14.0. The summed E-state index contributed by atoms with van der Waals surface area (Å²) in [6, 6.07) is 17.1. The van der Waals surface area contributed by atoms with Crippen molar-refractivity contribution in [1.29, 1.82) is 0 Å². The molecule has 1 amide bonds. The van der Waals surface area contributed by atoms with Crippen molar-refractivity contribution >= 4 is 23.1 Å². The van der Waals surface area contributed by atoms with Gasteiger partial charge >= 0.3 is 5.97 Å². The molecule has 4 heterocycles. The molecule has 0 aliphatic carbocycles. The van der Waals surface area contributed by atoms with Crippen LogP contribution in [0.25, 0.3) is 16.8 Å². The summed E-state index contributed by atoms with van der Waals surface area (Å²) in [5, 5.41) is 14.1. The SMILES string of the molecule is CCc1cc(C(=O)N2CCc3ccccc3[C@H]2C)c(C)c2cc(-c3ccc(N4CC[C@H](C(=O)O)C4)cc3F)nn12. The first kappa shape index (κ1) is 26.0. The van der Waals surface area contributed by atoms with Crippen LogP contribution in [0.1, 0.15) is 59.1 Å². The van der Waals surface area contributed by atoms with Crippen LogP contribution in [0.15, 0.2) is 54.6 Å². The van der Waals surface area contributed by atoms with Gasteiger partial charge < -0.3 is 14.9 Å². The Morgan fingerprint density at radius 2 is 1.90 bits per heavy atom. The highest BCUT2D eigenvalue weighted by Crippen LogP contribution is 2.34. The molecule has 0 saturated carbocycles. The number of rotatable bonds is 5. The van der Waals surface area contributed by atoms with Crippen molar-refractivity contribution in [1.82, 2.24) is 14.5 Å². The third kappa shape index (κ3) is 4.31. The molecular formula is C32H33FN4O3. The summed E-state index contributed by atoms with van der Waals surface area (Å²) in [4.78, 5) is 29.1. The number of halogens is 1. The number of carboxylic acids is 1. The molecule has 4 aromatic rings. The van der Waals surface area contributed by atoms with Gasteiger partial charge in [-0.1, -0.05) is 31.2 Å². The van der Waals surface area contributed by atoms with E-state index in [1.807, 2.05) is 58.5 Å². The Bertz CT molecular complexity index is 1640. The molecule has 0 radical (unpaired) electrons. The molecule has 1 saturated heterocycles. The first-order chi connectivity index (χ1) is 19.3. The molecule has 2 aliphatic rings. The zero-order valence-electron chi connectivity index (χ0n) is 23.0. The molecule has 2 aromatic carbocycles. The minimum Gasteiger partial charge on any atom is -0.481 e. The van der Waals surface area contributed by atoms with Crippen LogP contribution in [-0.4, -0.2) is 51.1 Å². The predicted octanol–water partition coefficient (Wildman–Crippen LogP) is 5.68. The summed E-state index contributed by atoms with van der Waals surface area (Å²) >= 11 is 0. The Morgan fingerprint density at radius 1 is 1.10 bits per heavy atom. The number of aryl methyl sites for hydroxylation is 2. The summed E-state index contributed by atoms with van der Waals surface area (Å²) < 4.78 is 17.2. The van der Waals surface area contributed by atoms with Gasteiger partial charge in [-0.3, -0.25) is 9.59 Å². The van der Waals surface area contributed by atoms with Crippen molar-refractivity contribution in [3.05, 3.63) is 88.4 Å². The molecule has 0 unspecified atom stereocenters. The first-order valence-electron chi connectivity index (χ1n) is 14.0. The summed E-state index contributed by atoms with van der Waals surface area (Å²) in [6.07, 6.45) is 2.04. The van der Waals surface area contributed by atoms with Crippen molar-refractivity contribution in [3.63, 3.8) is 0 Å². The average molecular weight is 541 g/mol. The van der Waals surface area contributed by atoms with Crippen LogP contribution in [0.5, 0.6) is 0 Å². The van der Waals surface area contributed by atoms with Crippen molar-refractivity contribution in [2.45, 2.75) is 46.1 Å². The van der Waals surface area contributed by atoms with Gasteiger partial charge in [0.25, 0.3) is 5.91 Å². The lowest BCUT2D eigenvalue weighted by Crippen LogP contribution is -2.39. The Morgan fingerprint density at radius 3 is 2.62 bits per heavy atom. The zero-order valence-corrected chi connectivity index (χ0v) is 23.0. The molecule has 8 heteroatoms. The monoisotopic (exact) mass is 540 g/mol. The molecule has 2 aliphatic heterocycles. The summed E-state index contributed by atoms with van der Waals surface area (Å²) in [5.74, 6) is -1.66. The van der Waals surface area contributed by atoms with Gasteiger partial charge in [-0.15, -0.1) is 0 Å². The number of amides is 1. The van der Waals surface area contributed by atoms with Gasteiger partial charge in [0.05, 0.1) is 23.2 Å². The fourth-order valence-electron chi connectivity index (χ4n) is 6.26. The van der Waals surface area contributed by atoms with E-state index in [0.29, 0.717) is 55.0 Å². The zero-order chi connectivity index (χ0) is 28.1. The van der Waals surface area contributed by atoms with Crippen LogP contribution in [0.2, 0.25) is 0 Å². The van der Waals surface area contributed by atoms with Crippen LogP contribution >= 0.6 is 0 Å². The number of hydrogen-bond acceptors (Lipinski definition) is 4. The van der Waals surface area contributed by atoms with Crippen LogP contribution in [0, 0.1) is 18.7 Å². The highest BCUT2D eigenvalue weighted by molar-refractivity contribution is 5.98. The molecule has 1 fully saturated rings. The second-order valence-electron chi connectivity index (χ2n) is 10.9. The maximum absolute atomic E-state index is 15.4. The maximum atomic E-state index is 15.4. The number of fused-ring (bicyclic) bond motifs is 2. The molecule has 0 spiro atoms. The molecule has 1 N–H and O–H groups in total. The van der Waals surface area contributed by atoms with E-state index in [9.17, 15) is 14.7 Å². The number of benzene rings is 2. The summed E-state index contributed by atoms with van der Waals surface area (Å²) in [6.45, 7) is 7.66. The number of pyridine rings is 1. The lowest BCUT2D eigenvalue weighted by atomic mass is 9.92. The van der Waals surface area contributed by atoms with E-state index in [0.717, 1.165) is 23.2 Å². The van der Waals surface area contributed by atoms with E-state index in [1.54, 1.807) is 6.07 Å². The standard InChI is InChI=1S/C32H33FN4O3/c1-4-23-15-27(31(38)36-14-12-21-7-5-6-8-25(21)20(36)3)19(2)30-17-29(34-37(23)30)26-10-9-24(16-28(26)33)35-13-11-22(18-35)32(39)40/h5-10,15-17,20,22H,4,11-14,18H2,1-3H3,(H,39,40)/t20-,22+/m1/s1. The molecule has 2 atom stereocenters. The van der Waals surface area contributed by atoms with E-state index in [1.165, 1.54) is 17.2 Å². The van der Waals surface area contributed by atoms with Gasteiger partial charge in [-0.25, -0.2) is 8.91 Å². The average Bonchev–Trinajstić information content (AvgIpc) is 3.62. The van der Waals surface area contributed by atoms with Crippen LogP contribution in [0.4, 0.5) is 10.1 Å². The second-order valence-corrected chi connectivity index (χ2v) is 10.9. The minimum atomic E-state index is -0.816. The van der Waals surface area contributed by atoms with E-state index in [-0.39, 0.29) is 11.9 Å². The highest BCUT2D eigenvalue weighted by atomic mass is 19.1. The number of nitrogens with zero attached hydrogens (tertiary/aromatic N) is 4. The smallest absolute Gasteiger partial charge is 0.308 e. The van der Waals surface area contributed by atoms with Crippen LogP contribution < -0.4 is 4.90 Å².